The summed E-state index contributed by atoms with van der Waals surface area (Å²) in [6, 6.07) is 15.9. The number of benzene rings is 2. The van der Waals surface area contributed by atoms with Gasteiger partial charge in [0, 0.05) is 25.0 Å². The number of amides is 2. The molecule has 5 rings (SSSR count). The van der Waals surface area contributed by atoms with Gasteiger partial charge in [-0.1, -0.05) is 55.0 Å². The number of carbonyl (C=O) groups excluding carboxylic acids is 2. The van der Waals surface area contributed by atoms with E-state index >= 15 is 0 Å². The Hall–Kier alpha value is -3.39. The number of fused-ring (bicyclic) bond motifs is 3. The molecule has 8 nitrogen and oxygen atoms in total. The molecule has 34 heavy (non-hydrogen) atoms. The van der Waals surface area contributed by atoms with E-state index in [1.165, 1.54) is 0 Å². The zero-order valence-electron chi connectivity index (χ0n) is 18.8. The van der Waals surface area contributed by atoms with Crippen LogP contribution in [0.5, 0.6) is 0 Å². The third kappa shape index (κ3) is 4.03. The monoisotopic (exact) mass is 464 g/mol. The van der Waals surface area contributed by atoms with Crippen molar-refractivity contribution in [3.8, 4) is 11.1 Å². The maximum Gasteiger partial charge on any atom is 0.407 e. The summed E-state index contributed by atoms with van der Waals surface area (Å²) in [6.07, 6.45) is 1.65. The molecule has 2 aromatic rings. The molecule has 3 atom stereocenters. The molecular formula is C26H28N2O6. The maximum atomic E-state index is 12.9. The van der Waals surface area contributed by atoms with Crippen molar-refractivity contribution in [3.05, 3.63) is 59.7 Å². The third-order valence-electron chi connectivity index (χ3n) is 7.29. The minimum atomic E-state index is -1.39. The van der Waals surface area contributed by atoms with Crippen LogP contribution in [0.25, 0.3) is 11.1 Å². The van der Waals surface area contributed by atoms with E-state index in [-0.39, 0.29) is 31.5 Å². The predicted octanol–water partition coefficient (Wildman–Crippen LogP) is 3.05. The van der Waals surface area contributed by atoms with Crippen LogP contribution in [-0.2, 0) is 19.1 Å². The Morgan fingerprint density at radius 2 is 1.71 bits per heavy atom. The largest absolute Gasteiger partial charge is 0.479 e. The number of carbonyl (C=O) groups is 3. The number of hydrogen-bond acceptors (Lipinski definition) is 5. The van der Waals surface area contributed by atoms with E-state index in [1.807, 2.05) is 24.3 Å². The number of carboxylic acid groups (broad SMARTS) is 1. The van der Waals surface area contributed by atoms with Crippen molar-refractivity contribution in [2.24, 2.45) is 5.92 Å². The summed E-state index contributed by atoms with van der Waals surface area (Å²) in [4.78, 5) is 37.3. The van der Waals surface area contributed by atoms with Crippen molar-refractivity contribution < 1.29 is 29.0 Å². The molecule has 0 bridgehead atoms. The number of alkyl carbamates (subject to hydrolysis) is 1. The lowest BCUT2D eigenvalue weighted by Gasteiger charge is -2.27. The van der Waals surface area contributed by atoms with Gasteiger partial charge < -0.3 is 25.2 Å². The number of carboxylic acids is 1. The molecule has 0 spiro atoms. The second kappa shape index (κ2) is 9.10. The van der Waals surface area contributed by atoms with Gasteiger partial charge in [-0.05, 0) is 35.1 Å². The fraction of sp³-hybridized carbons (Fsp3) is 0.423. The normalized spacial score (nSPS) is 25.4. The molecule has 2 aliphatic carbocycles. The van der Waals surface area contributed by atoms with E-state index in [4.69, 9.17) is 9.47 Å². The lowest BCUT2D eigenvalue weighted by Crippen LogP contribution is -2.58. The number of ether oxygens (including phenoxy) is 2. The van der Waals surface area contributed by atoms with Gasteiger partial charge in [-0.25, -0.2) is 9.59 Å². The molecule has 2 amide bonds. The zero-order chi connectivity index (χ0) is 23.7. The molecule has 1 saturated carbocycles. The van der Waals surface area contributed by atoms with Crippen molar-refractivity contribution in [2.75, 3.05) is 19.8 Å². The minimum Gasteiger partial charge on any atom is -0.479 e. The lowest BCUT2D eigenvalue weighted by molar-refractivity contribution is -0.148. The van der Waals surface area contributed by atoms with Gasteiger partial charge in [0.1, 0.15) is 6.61 Å². The first-order chi connectivity index (χ1) is 16.5. The summed E-state index contributed by atoms with van der Waals surface area (Å²) in [6.45, 7) is 0.437. The molecule has 3 unspecified atom stereocenters. The Balaban J connectivity index is 1.21. The van der Waals surface area contributed by atoms with Crippen LogP contribution >= 0.6 is 0 Å². The Labute approximate surface area is 197 Å². The Bertz CT molecular complexity index is 1060. The minimum absolute atomic E-state index is 0.0429. The van der Waals surface area contributed by atoms with Gasteiger partial charge in [0.25, 0.3) is 0 Å². The molecule has 2 aromatic carbocycles. The highest BCUT2D eigenvalue weighted by atomic mass is 16.5. The molecule has 1 aliphatic heterocycles. The molecule has 1 heterocycles. The Morgan fingerprint density at radius 3 is 2.32 bits per heavy atom. The first-order valence-electron chi connectivity index (χ1n) is 11.7. The highest BCUT2D eigenvalue weighted by Crippen LogP contribution is 2.44. The summed E-state index contributed by atoms with van der Waals surface area (Å²) in [5.41, 5.74) is 3.18. The number of rotatable bonds is 6. The molecule has 1 saturated heterocycles. The Kier molecular flexibility index (Phi) is 6.00. The highest BCUT2D eigenvalue weighted by molar-refractivity contribution is 5.89. The summed E-state index contributed by atoms with van der Waals surface area (Å²) < 4.78 is 10.8. The second-order valence-electron chi connectivity index (χ2n) is 9.29. The number of nitrogens with one attached hydrogen (secondary N) is 2. The van der Waals surface area contributed by atoms with Gasteiger partial charge in [-0.3, -0.25) is 4.79 Å². The van der Waals surface area contributed by atoms with Gasteiger partial charge in [-0.15, -0.1) is 0 Å². The molecular weight excluding hydrogens is 436 g/mol. The molecule has 2 fully saturated rings. The quantitative estimate of drug-likeness (QED) is 0.606. The summed E-state index contributed by atoms with van der Waals surface area (Å²) in [5, 5.41) is 15.1. The van der Waals surface area contributed by atoms with Crippen molar-refractivity contribution in [1.82, 2.24) is 10.6 Å². The first-order valence-corrected chi connectivity index (χ1v) is 11.7. The Morgan fingerprint density at radius 1 is 1.03 bits per heavy atom. The highest BCUT2D eigenvalue weighted by Gasteiger charge is 2.46. The molecule has 8 heteroatoms. The van der Waals surface area contributed by atoms with Crippen LogP contribution in [0, 0.1) is 5.92 Å². The van der Waals surface area contributed by atoms with Gasteiger partial charge in [-0.2, -0.15) is 0 Å². The first kappa shape index (κ1) is 22.4. The van der Waals surface area contributed by atoms with Crippen LogP contribution < -0.4 is 10.6 Å². The van der Waals surface area contributed by atoms with E-state index < -0.39 is 29.6 Å². The van der Waals surface area contributed by atoms with Crippen molar-refractivity contribution in [2.45, 2.75) is 43.2 Å². The average molecular weight is 465 g/mol. The van der Waals surface area contributed by atoms with E-state index in [1.54, 1.807) is 0 Å². The molecule has 0 radical (unpaired) electrons. The van der Waals surface area contributed by atoms with E-state index in [0.29, 0.717) is 19.4 Å². The van der Waals surface area contributed by atoms with Crippen LogP contribution in [0.1, 0.15) is 42.7 Å². The topological polar surface area (TPSA) is 114 Å². The van der Waals surface area contributed by atoms with Crippen LogP contribution in [-0.4, -0.2) is 54.5 Å². The standard InChI is InChI=1S/C26H28N2O6/c29-23(28-26(24(30)31)12-13-33-15-26)20-10-5-11-22(20)27-25(32)34-14-21-18-8-3-1-6-16(18)17-7-2-4-9-19(17)21/h1-4,6-9,20-22H,5,10-15H2,(H,27,32)(H,28,29)(H,30,31). The smallest absolute Gasteiger partial charge is 0.407 e. The molecule has 3 N–H and O–H groups in total. The van der Waals surface area contributed by atoms with Crippen LogP contribution in [0.15, 0.2) is 48.5 Å². The third-order valence-corrected chi connectivity index (χ3v) is 7.29. The SMILES string of the molecule is O=C(NC1CCCC1C(=O)NC1(C(=O)O)CCOC1)OCC1c2ccccc2-c2ccccc21. The van der Waals surface area contributed by atoms with E-state index in [9.17, 15) is 19.5 Å². The van der Waals surface area contributed by atoms with E-state index in [0.717, 1.165) is 28.7 Å². The van der Waals surface area contributed by atoms with E-state index in [2.05, 4.69) is 34.9 Å². The zero-order valence-corrected chi connectivity index (χ0v) is 18.8. The lowest BCUT2D eigenvalue weighted by atomic mass is 9.95. The van der Waals surface area contributed by atoms with Crippen LogP contribution in [0.4, 0.5) is 4.79 Å². The van der Waals surface area contributed by atoms with Crippen molar-refractivity contribution in [1.29, 1.82) is 0 Å². The van der Waals surface area contributed by atoms with Gasteiger partial charge in [0.05, 0.1) is 12.5 Å². The summed E-state index contributed by atoms with van der Waals surface area (Å²) in [7, 11) is 0. The fourth-order valence-corrected chi connectivity index (χ4v) is 5.45. The average Bonchev–Trinajstić information content (AvgIpc) is 3.56. The second-order valence-corrected chi connectivity index (χ2v) is 9.29. The van der Waals surface area contributed by atoms with Crippen LogP contribution in [0.3, 0.4) is 0 Å². The van der Waals surface area contributed by atoms with Crippen molar-refractivity contribution >= 4 is 18.0 Å². The molecule has 3 aliphatic rings. The fourth-order valence-electron chi connectivity index (χ4n) is 5.45. The summed E-state index contributed by atoms with van der Waals surface area (Å²) >= 11 is 0. The van der Waals surface area contributed by atoms with Crippen LogP contribution in [0.2, 0.25) is 0 Å². The van der Waals surface area contributed by atoms with Gasteiger partial charge >= 0.3 is 12.1 Å². The maximum absolute atomic E-state index is 12.9. The van der Waals surface area contributed by atoms with Gasteiger partial charge in [0.15, 0.2) is 5.54 Å². The number of aliphatic carboxylic acids is 1. The van der Waals surface area contributed by atoms with Gasteiger partial charge in [0.2, 0.25) is 5.91 Å². The number of hydrogen-bond donors (Lipinski definition) is 3. The summed E-state index contributed by atoms with van der Waals surface area (Å²) in [5.74, 6) is -2.01. The predicted molar refractivity (Wildman–Crippen MR) is 123 cm³/mol. The molecule has 178 valence electrons. The molecule has 0 aromatic heterocycles. The van der Waals surface area contributed by atoms with Crippen molar-refractivity contribution in [3.63, 3.8) is 0 Å².